The molecule has 10 heteroatoms. The third kappa shape index (κ3) is 6.05. The quantitative estimate of drug-likeness (QED) is 0.439. The average Bonchev–Trinajstić information content (AvgIpc) is 2.84. The molecule has 0 saturated heterocycles. The van der Waals surface area contributed by atoms with E-state index in [0.717, 1.165) is 6.42 Å². The molecular weight excluding hydrogens is 472 g/mol. The highest BCUT2D eigenvalue weighted by molar-refractivity contribution is 6.30. The SMILES string of the molecule is CCCCn1c(N)c(N(Cc2ccccc2OC)C(=O)[C@@H](C)Oc2ccc(Cl)cc2)c(=O)[nH]c1=O. The number of nitrogens with two attached hydrogens (primary N) is 1. The zero-order valence-electron chi connectivity index (χ0n) is 19.9. The van der Waals surface area contributed by atoms with Crippen LogP contribution in [0.4, 0.5) is 11.5 Å². The number of anilines is 2. The third-order valence-electron chi connectivity index (χ3n) is 5.48. The van der Waals surface area contributed by atoms with E-state index in [1.165, 1.54) is 16.6 Å². The topological polar surface area (TPSA) is 120 Å². The number of para-hydroxylation sites is 1. The van der Waals surface area contributed by atoms with Gasteiger partial charge in [-0.05, 0) is 43.7 Å². The van der Waals surface area contributed by atoms with Gasteiger partial charge in [-0.2, -0.15) is 0 Å². The van der Waals surface area contributed by atoms with Crippen LogP contribution < -0.4 is 31.4 Å². The molecular formula is C25H29ClN4O5. The molecule has 1 aromatic heterocycles. The number of methoxy groups -OCH3 is 1. The first kappa shape index (κ1) is 25.9. The van der Waals surface area contributed by atoms with Crippen LogP contribution in [-0.2, 0) is 17.9 Å². The van der Waals surface area contributed by atoms with Crippen LogP contribution in [0.15, 0.2) is 58.1 Å². The molecule has 0 aliphatic rings. The Bertz CT molecular complexity index is 1290. The molecule has 0 saturated carbocycles. The van der Waals surface area contributed by atoms with Crippen molar-refractivity contribution in [2.75, 3.05) is 17.7 Å². The van der Waals surface area contributed by atoms with Crippen molar-refractivity contribution in [3.63, 3.8) is 0 Å². The van der Waals surface area contributed by atoms with Crippen molar-refractivity contribution in [3.05, 3.63) is 80.0 Å². The Morgan fingerprint density at radius 2 is 1.86 bits per heavy atom. The Morgan fingerprint density at radius 3 is 2.51 bits per heavy atom. The van der Waals surface area contributed by atoms with Crippen LogP contribution in [0.1, 0.15) is 32.3 Å². The highest BCUT2D eigenvalue weighted by Gasteiger charge is 2.30. The second-order valence-electron chi connectivity index (χ2n) is 7.95. The van der Waals surface area contributed by atoms with Crippen molar-refractivity contribution in [3.8, 4) is 11.5 Å². The molecule has 0 unspecified atom stereocenters. The van der Waals surface area contributed by atoms with Gasteiger partial charge in [-0.15, -0.1) is 0 Å². The first-order chi connectivity index (χ1) is 16.8. The van der Waals surface area contributed by atoms with E-state index < -0.39 is 23.3 Å². The number of carbonyl (C=O) groups is 1. The Hall–Kier alpha value is -3.72. The van der Waals surface area contributed by atoms with Gasteiger partial charge in [0.2, 0.25) is 0 Å². The number of hydrogen-bond acceptors (Lipinski definition) is 6. The van der Waals surface area contributed by atoms with Gasteiger partial charge in [0.05, 0.1) is 13.7 Å². The number of aromatic amines is 1. The van der Waals surface area contributed by atoms with E-state index >= 15 is 0 Å². The van der Waals surface area contributed by atoms with E-state index in [0.29, 0.717) is 35.1 Å². The Morgan fingerprint density at radius 1 is 1.17 bits per heavy atom. The maximum absolute atomic E-state index is 13.7. The van der Waals surface area contributed by atoms with Crippen molar-refractivity contribution in [2.24, 2.45) is 0 Å². The lowest BCUT2D eigenvalue weighted by molar-refractivity contribution is -0.124. The van der Waals surface area contributed by atoms with Crippen LogP contribution >= 0.6 is 11.6 Å². The van der Waals surface area contributed by atoms with Crippen molar-refractivity contribution in [2.45, 2.75) is 45.9 Å². The minimum absolute atomic E-state index is 0.0313. The molecule has 2 aromatic carbocycles. The van der Waals surface area contributed by atoms with Crippen LogP contribution in [0.2, 0.25) is 5.02 Å². The summed E-state index contributed by atoms with van der Waals surface area (Å²) in [6.07, 6.45) is 0.503. The number of H-pyrrole nitrogens is 1. The molecule has 1 atom stereocenters. The highest BCUT2D eigenvalue weighted by Crippen LogP contribution is 2.26. The lowest BCUT2D eigenvalue weighted by Crippen LogP contribution is -2.45. The fraction of sp³-hybridized carbons (Fsp3) is 0.320. The van der Waals surface area contributed by atoms with Gasteiger partial charge in [-0.1, -0.05) is 43.1 Å². The molecule has 186 valence electrons. The van der Waals surface area contributed by atoms with Crippen molar-refractivity contribution < 1.29 is 14.3 Å². The summed E-state index contributed by atoms with van der Waals surface area (Å²) in [7, 11) is 1.52. The Balaban J connectivity index is 2.08. The molecule has 1 amide bonds. The van der Waals surface area contributed by atoms with Gasteiger partial charge < -0.3 is 15.2 Å². The minimum atomic E-state index is -0.985. The molecule has 35 heavy (non-hydrogen) atoms. The molecule has 0 bridgehead atoms. The van der Waals surface area contributed by atoms with Gasteiger partial charge in [0.15, 0.2) is 11.8 Å². The van der Waals surface area contributed by atoms with Crippen molar-refractivity contribution in [1.82, 2.24) is 9.55 Å². The van der Waals surface area contributed by atoms with E-state index in [-0.39, 0.29) is 18.1 Å². The van der Waals surface area contributed by atoms with Crippen LogP contribution in [0, 0.1) is 0 Å². The number of rotatable bonds is 10. The number of amides is 1. The monoisotopic (exact) mass is 500 g/mol. The first-order valence-electron chi connectivity index (χ1n) is 11.2. The van der Waals surface area contributed by atoms with Crippen LogP contribution in [-0.4, -0.2) is 28.7 Å². The largest absolute Gasteiger partial charge is 0.496 e. The van der Waals surface area contributed by atoms with Gasteiger partial charge in [-0.25, -0.2) is 4.79 Å². The predicted molar refractivity (Wildman–Crippen MR) is 136 cm³/mol. The molecule has 0 radical (unpaired) electrons. The van der Waals surface area contributed by atoms with Crippen LogP contribution in [0.25, 0.3) is 0 Å². The zero-order chi connectivity index (χ0) is 25.5. The number of unbranched alkanes of at least 4 members (excludes halogenated alkanes) is 1. The summed E-state index contributed by atoms with van der Waals surface area (Å²) in [4.78, 5) is 42.6. The average molecular weight is 501 g/mol. The molecule has 0 fully saturated rings. The number of ether oxygens (including phenoxy) is 2. The summed E-state index contributed by atoms with van der Waals surface area (Å²) in [5.41, 5.74) is 5.46. The second-order valence-corrected chi connectivity index (χ2v) is 8.38. The fourth-order valence-electron chi connectivity index (χ4n) is 3.63. The number of nitrogen functional groups attached to an aromatic ring is 1. The molecule has 9 nitrogen and oxygen atoms in total. The van der Waals surface area contributed by atoms with Crippen molar-refractivity contribution in [1.29, 1.82) is 0 Å². The van der Waals surface area contributed by atoms with Gasteiger partial charge >= 0.3 is 5.69 Å². The number of nitrogens with one attached hydrogen (secondary N) is 1. The summed E-state index contributed by atoms with van der Waals surface area (Å²) in [6.45, 7) is 3.82. The predicted octanol–water partition coefficient (Wildman–Crippen LogP) is 3.58. The number of benzene rings is 2. The maximum Gasteiger partial charge on any atom is 0.330 e. The Labute approximate surface area is 208 Å². The van der Waals surface area contributed by atoms with E-state index in [1.54, 1.807) is 55.5 Å². The molecule has 0 spiro atoms. The van der Waals surface area contributed by atoms with E-state index in [9.17, 15) is 14.4 Å². The molecule has 3 N–H and O–H groups in total. The summed E-state index contributed by atoms with van der Waals surface area (Å²) in [5, 5.41) is 0.530. The van der Waals surface area contributed by atoms with Gasteiger partial charge in [0.1, 0.15) is 17.3 Å². The first-order valence-corrected chi connectivity index (χ1v) is 11.6. The Kier molecular flexibility index (Phi) is 8.59. The standard InChI is InChI=1S/C25H29ClN4O5/c1-4-5-14-29-22(27)21(23(31)28-25(29)33)30(15-17-8-6-7-9-20(17)34-3)24(32)16(2)35-19-12-10-18(26)11-13-19/h6-13,16H,4-5,14-15,27H2,1-3H3,(H,28,31,33)/t16-/m1/s1. The molecule has 1 heterocycles. The number of nitrogens with zero attached hydrogens (tertiary/aromatic N) is 2. The number of halogens is 1. The van der Waals surface area contributed by atoms with Crippen LogP contribution in [0.3, 0.4) is 0 Å². The maximum atomic E-state index is 13.7. The van der Waals surface area contributed by atoms with Crippen LogP contribution in [0.5, 0.6) is 11.5 Å². The minimum Gasteiger partial charge on any atom is -0.496 e. The zero-order valence-corrected chi connectivity index (χ0v) is 20.7. The lowest BCUT2D eigenvalue weighted by atomic mass is 10.1. The van der Waals surface area contributed by atoms with E-state index in [1.807, 2.05) is 6.92 Å². The third-order valence-corrected chi connectivity index (χ3v) is 5.73. The molecule has 3 rings (SSSR count). The smallest absolute Gasteiger partial charge is 0.330 e. The summed E-state index contributed by atoms with van der Waals surface area (Å²) in [5.74, 6) is 0.353. The van der Waals surface area contributed by atoms with E-state index in [4.69, 9.17) is 26.8 Å². The highest BCUT2D eigenvalue weighted by atomic mass is 35.5. The number of carbonyl (C=O) groups excluding carboxylic acids is 1. The molecule has 3 aromatic rings. The van der Waals surface area contributed by atoms with Gasteiger partial charge in [0, 0.05) is 17.1 Å². The van der Waals surface area contributed by atoms with E-state index in [2.05, 4.69) is 4.98 Å². The second kappa shape index (κ2) is 11.6. The van der Waals surface area contributed by atoms with Gasteiger partial charge in [0.25, 0.3) is 11.5 Å². The number of hydrogen-bond donors (Lipinski definition) is 2. The summed E-state index contributed by atoms with van der Waals surface area (Å²) in [6, 6.07) is 13.7. The normalized spacial score (nSPS) is 11.7. The fourth-order valence-corrected chi connectivity index (χ4v) is 3.76. The van der Waals surface area contributed by atoms with Crippen molar-refractivity contribution >= 4 is 29.0 Å². The molecule has 0 aliphatic heterocycles. The van der Waals surface area contributed by atoms with Gasteiger partial charge in [-0.3, -0.25) is 24.0 Å². The molecule has 0 aliphatic carbocycles. The summed E-state index contributed by atoms with van der Waals surface area (Å²) >= 11 is 5.94. The lowest BCUT2D eigenvalue weighted by Gasteiger charge is -2.28. The number of aromatic nitrogens is 2. The summed E-state index contributed by atoms with van der Waals surface area (Å²) < 4.78 is 12.5.